The molecule has 156 valence electrons. The van der Waals surface area contributed by atoms with Crippen molar-refractivity contribution in [2.24, 2.45) is 11.8 Å². The topological polar surface area (TPSA) is 0 Å². The van der Waals surface area contributed by atoms with E-state index in [0.717, 1.165) is 11.8 Å². The van der Waals surface area contributed by atoms with E-state index in [1.807, 2.05) is 0 Å². The van der Waals surface area contributed by atoms with Crippen LogP contribution in [0.5, 0.6) is 0 Å². The predicted octanol–water partition coefficient (Wildman–Crippen LogP) is 9.15. The van der Waals surface area contributed by atoms with Gasteiger partial charge in [-0.1, -0.05) is 143 Å². The van der Waals surface area contributed by atoms with Crippen molar-refractivity contribution < 1.29 is 0 Å². The molecule has 4 unspecified atom stereocenters. The summed E-state index contributed by atoms with van der Waals surface area (Å²) in [5, 5.41) is 0. The second kappa shape index (κ2) is 16.2. The molecule has 0 nitrogen and oxygen atoms in total. The fourth-order valence-electron chi connectivity index (χ4n) is 5.74. The van der Waals surface area contributed by atoms with E-state index >= 15 is 0 Å². The summed E-state index contributed by atoms with van der Waals surface area (Å²) in [6, 6.07) is 3.37. The van der Waals surface area contributed by atoms with E-state index in [0.29, 0.717) is 0 Å². The molecule has 0 amide bonds. The molecule has 0 saturated carbocycles. The molecule has 1 heterocycles. The Morgan fingerprint density at radius 1 is 0.615 bits per heavy atom. The van der Waals surface area contributed by atoms with Crippen LogP contribution >= 0.6 is 0 Å². The third-order valence-corrected chi connectivity index (χ3v) is 11.6. The van der Waals surface area contributed by atoms with Gasteiger partial charge in [-0.2, -0.15) is 0 Å². The van der Waals surface area contributed by atoms with Gasteiger partial charge < -0.3 is 0 Å². The van der Waals surface area contributed by atoms with Crippen molar-refractivity contribution in [3.05, 3.63) is 0 Å². The zero-order chi connectivity index (χ0) is 19.0. The first kappa shape index (κ1) is 24.3. The molecule has 4 atom stereocenters. The van der Waals surface area contributed by atoms with Gasteiger partial charge >= 0.3 is 0 Å². The summed E-state index contributed by atoms with van der Waals surface area (Å²) in [7, 11) is -0.504. The van der Waals surface area contributed by atoms with E-state index in [1.165, 1.54) is 76.2 Å². The first-order valence-electron chi connectivity index (χ1n) is 12.8. The molecule has 1 fully saturated rings. The van der Waals surface area contributed by atoms with Crippen LogP contribution in [-0.2, 0) is 0 Å². The molecule has 1 rings (SSSR count). The van der Waals surface area contributed by atoms with Crippen molar-refractivity contribution in [1.29, 1.82) is 0 Å². The van der Waals surface area contributed by atoms with Gasteiger partial charge in [0.25, 0.3) is 0 Å². The minimum atomic E-state index is -0.504. The molecule has 0 spiro atoms. The maximum absolute atomic E-state index is 2.38. The van der Waals surface area contributed by atoms with Gasteiger partial charge in [-0.05, 0) is 17.4 Å². The molecule has 1 heteroatoms. The van der Waals surface area contributed by atoms with E-state index in [9.17, 15) is 0 Å². The Morgan fingerprint density at radius 3 is 1.77 bits per heavy atom. The van der Waals surface area contributed by atoms with Crippen molar-refractivity contribution in [3.8, 4) is 0 Å². The Hall–Kier alpha value is 0.217. The molecule has 1 aliphatic rings. The second-order valence-electron chi connectivity index (χ2n) is 9.41. The summed E-state index contributed by atoms with van der Waals surface area (Å²) in [6.45, 7) is 9.49. The van der Waals surface area contributed by atoms with Gasteiger partial charge in [-0.25, -0.2) is 0 Å². The van der Waals surface area contributed by atoms with Gasteiger partial charge in [0.1, 0.15) is 0 Å². The molecule has 0 aromatic heterocycles. The van der Waals surface area contributed by atoms with Gasteiger partial charge in [0, 0.05) is 8.80 Å². The highest BCUT2D eigenvalue weighted by Crippen LogP contribution is 2.48. The van der Waals surface area contributed by atoms with Crippen LogP contribution in [-0.4, -0.2) is 8.80 Å². The summed E-state index contributed by atoms with van der Waals surface area (Å²) in [5.41, 5.74) is 1.20. The molecular weight excluding hydrogens is 328 g/mol. The predicted molar refractivity (Wildman–Crippen MR) is 124 cm³/mol. The summed E-state index contributed by atoms with van der Waals surface area (Å²) in [4.78, 5) is 0. The lowest BCUT2D eigenvalue weighted by Crippen LogP contribution is -2.37. The summed E-state index contributed by atoms with van der Waals surface area (Å²) >= 11 is 0. The van der Waals surface area contributed by atoms with E-state index < -0.39 is 8.80 Å². The number of hydrogen-bond donors (Lipinski definition) is 0. The minimum absolute atomic E-state index is 0.504. The molecule has 0 radical (unpaired) electrons. The smallest absolute Gasteiger partial charge is 0.0402 e. The maximum atomic E-state index is 2.38. The molecule has 1 saturated heterocycles. The zero-order valence-corrected chi connectivity index (χ0v) is 20.2. The van der Waals surface area contributed by atoms with Gasteiger partial charge in [-0.15, -0.1) is 0 Å². The van der Waals surface area contributed by atoms with E-state index in [1.54, 1.807) is 44.2 Å². The Bertz CT molecular complexity index is 271. The van der Waals surface area contributed by atoms with E-state index in [-0.39, 0.29) is 0 Å². The van der Waals surface area contributed by atoms with Gasteiger partial charge in [0.05, 0.1) is 0 Å². The van der Waals surface area contributed by atoms with Crippen LogP contribution < -0.4 is 0 Å². The monoisotopic (exact) mass is 380 g/mol. The van der Waals surface area contributed by atoms with E-state index in [2.05, 4.69) is 27.7 Å². The van der Waals surface area contributed by atoms with Crippen LogP contribution in [0.1, 0.15) is 130 Å². The number of unbranched alkanes of at least 4 members (excludes halogenated alkanes) is 8. The van der Waals surface area contributed by atoms with Crippen molar-refractivity contribution in [2.45, 2.75) is 148 Å². The molecule has 0 aromatic carbocycles. The zero-order valence-electron chi connectivity index (χ0n) is 19.0. The van der Waals surface area contributed by atoms with Crippen LogP contribution in [0.4, 0.5) is 0 Å². The first-order valence-corrected chi connectivity index (χ1v) is 15.1. The Labute approximate surface area is 168 Å². The quantitative estimate of drug-likeness (QED) is 0.185. The summed E-state index contributed by atoms with van der Waals surface area (Å²) in [5.74, 6) is 2.22. The Morgan fingerprint density at radius 2 is 1.15 bits per heavy atom. The van der Waals surface area contributed by atoms with Crippen molar-refractivity contribution >= 4 is 8.80 Å². The van der Waals surface area contributed by atoms with Crippen LogP contribution in [0.25, 0.3) is 0 Å². The molecule has 0 aliphatic carbocycles. The van der Waals surface area contributed by atoms with Crippen molar-refractivity contribution in [2.75, 3.05) is 0 Å². The molecule has 26 heavy (non-hydrogen) atoms. The van der Waals surface area contributed by atoms with Crippen LogP contribution in [0.2, 0.25) is 17.6 Å². The Kier molecular flexibility index (Phi) is 15.1. The maximum Gasteiger partial charge on any atom is 0.0402 e. The SMILES string of the molecule is CCCCCC1CC[SiH](CCCCC)C(CCCCC)C1CCCCC. The highest BCUT2D eigenvalue weighted by Gasteiger charge is 2.38. The lowest BCUT2D eigenvalue weighted by molar-refractivity contribution is 0.232. The van der Waals surface area contributed by atoms with Crippen LogP contribution in [0.3, 0.4) is 0 Å². The summed E-state index contributed by atoms with van der Waals surface area (Å²) in [6.07, 6.45) is 24.0. The lowest BCUT2D eigenvalue weighted by Gasteiger charge is -2.44. The van der Waals surface area contributed by atoms with Gasteiger partial charge in [-0.3, -0.25) is 0 Å². The molecule has 0 aromatic rings. The fraction of sp³-hybridized carbons (Fsp3) is 1.00. The molecule has 1 aliphatic heterocycles. The average Bonchev–Trinajstić information content (AvgIpc) is 2.65. The molecule has 0 bridgehead atoms. The average molecular weight is 381 g/mol. The standard InChI is InChI=1S/C25H52Si/c1-5-9-13-17-23-20-22-26(21-16-12-8-4)25(19-15-11-7-3)24(23)18-14-10-6-2/h23-26H,5-22H2,1-4H3. The fourth-order valence-corrected chi connectivity index (χ4v) is 10.5. The van der Waals surface area contributed by atoms with Crippen molar-refractivity contribution in [3.63, 3.8) is 0 Å². The van der Waals surface area contributed by atoms with Crippen LogP contribution in [0, 0.1) is 11.8 Å². The summed E-state index contributed by atoms with van der Waals surface area (Å²) < 4.78 is 0. The van der Waals surface area contributed by atoms with Gasteiger partial charge in [0.2, 0.25) is 0 Å². The highest BCUT2D eigenvalue weighted by molar-refractivity contribution is 6.60. The molecular formula is C25H52Si. The third-order valence-electron chi connectivity index (χ3n) is 7.31. The van der Waals surface area contributed by atoms with Gasteiger partial charge in [0.15, 0.2) is 0 Å². The highest BCUT2D eigenvalue weighted by atomic mass is 28.3. The van der Waals surface area contributed by atoms with E-state index in [4.69, 9.17) is 0 Å². The van der Waals surface area contributed by atoms with Crippen LogP contribution in [0.15, 0.2) is 0 Å². The Balaban J connectivity index is 2.74. The third kappa shape index (κ3) is 9.42. The lowest BCUT2D eigenvalue weighted by atomic mass is 9.78. The number of rotatable bonds is 16. The number of hydrogen-bond acceptors (Lipinski definition) is 0. The normalized spacial score (nSPS) is 26.3. The minimum Gasteiger partial charge on any atom is -0.0654 e. The molecule has 0 N–H and O–H groups in total. The second-order valence-corrected chi connectivity index (χ2v) is 12.9. The first-order chi connectivity index (χ1) is 12.8. The largest absolute Gasteiger partial charge is 0.0654 e. The van der Waals surface area contributed by atoms with Crippen molar-refractivity contribution in [1.82, 2.24) is 0 Å².